The van der Waals surface area contributed by atoms with Crippen molar-refractivity contribution in [1.82, 2.24) is 14.9 Å². The number of fused-ring (bicyclic) bond motifs is 1. The van der Waals surface area contributed by atoms with Gasteiger partial charge in [0, 0.05) is 37.3 Å². The molecule has 32 heavy (non-hydrogen) atoms. The van der Waals surface area contributed by atoms with E-state index in [0.29, 0.717) is 23.1 Å². The zero-order chi connectivity index (χ0) is 22.5. The Morgan fingerprint density at radius 1 is 1.03 bits per heavy atom. The minimum atomic E-state index is -0.243. The van der Waals surface area contributed by atoms with Gasteiger partial charge in [0.15, 0.2) is 6.61 Å². The number of ether oxygens (including phenoxy) is 2. The molecule has 0 spiro atoms. The Bertz CT molecular complexity index is 1080. The predicted octanol–water partition coefficient (Wildman–Crippen LogP) is 2.97. The molecule has 1 aliphatic heterocycles. The van der Waals surface area contributed by atoms with Crippen LogP contribution >= 0.6 is 12.6 Å². The fourth-order valence-electron chi connectivity index (χ4n) is 3.54. The first-order chi connectivity index (χ1) is 15.5. The Morgan fingerprint density at radius 3 is 2.41 bits per heavy atom. The lowest BCUT2D eigenvalue weighted by molar-refractivity contribution is -0.118. The van der Waals surface area contributed by atoms with Gasteiger partial charge in [-0.25, -0.2) is 9.97 Å². The third-order valence-electron chi connectivity index (χ3n) is 5.37. The summed E-state index contributed by atoms with van der Waals surface area (Å²) in [5.41, 5.74) is 2.44. The lowest BCUT2D eigenvalue weighted by atomic mass is 10.1. The Hall–Kier alpha value is -3.04. The highest BCUT2D eigenvalue weighted by molar-refractivity contribution is 7.80. The van der Waals surface area contributed by atoms with Crippen molar-refractivity contribution in [3.05, 3.63) is 48.2 Å². The fourth-order valence-corrected chi connectivity index (χ4v) is 3.69. The highest BCUT2D eigenvalue weighted by atomic mass is 32.1. The molecule has 168 valence electrons. The number of amides is 1. The molecule has 0 atom stereocenters. The molecule has 2 heterocycles. The van der Waals surface area contributed by atoms with Gasteiger partial charge in [0.1, 0.15) is 17.4 Å². The average molecular weight is 454 g/mol. The second kappa shape index (κ2) is 10.1. The van der Waals surface area contributed by atoms with Crippen LogP contribution in [0.25, 0.3) is 10.9 Å². The van der Waals surface area contributed by atoms with Crippen LogP contribution in [-0.4, -0.2) is 66.5 Å². The van der Waals surface area contributed by atoms with Crippen LogP contribution < -0.4 is 19.7 Å². The molecule has 2 aromatic carbocycles. The number of nitrogens with zero attached hydrogens (tertiary/aromatic N) is 4. The van der Waals surface area contributed by atoms with E-state index in [1.165, 1.54) is 0 Å². The summed E-state index contributed by atoms with van der Waals surface area (Å²) in [5, 5.41) is 3.79. The summed E-state index contributed by atoms with van der Waals surface area (Å²) in [6.07, 6.45) is 0. The van der Waals surface area contributed by atoms with Gasteiger partial charge in [0.25, 0.3) is 5.91 Å². The Labute approximate surface area is 193 Å². The number of aromatic nitrogens is 2. The van der Waals surface area contributed by atoms with Crippen molar-refractivity contribution in [3.8, 4) is 11.5 Å². The molecule has 0 radical (unpaired) electrons. The van der Waals surface area contributed by atoms with E-state index >= 15 is 0 Å². The third kappa shape index (κ3) is 5.41. The molecule has 1 saturated heterocycles. The zero-order valence-corrected chi connectivity index (χ0v) is 19.1. The maximum absolute atomic E-state index is 12.4. The highest BCUT2D eigenvalue weighted by Gasteiger charge is 2.18. The van der Waals surface area contributed by atoms with E-state index in [9.17, 15) is 4.79 Å². The van der Waals surface area contributed by atoms with Crippen molar-refractivity contribution in [2.45, 2.75) is 6.92 Å². The number of carbonyl (C=O) groups excluding carboxylic acids is 1. The molecule has 3 aromatic rings. The molecular formula is C23H27N5O3S. The molecular weight excluding hydrogens is 426 g/mol. The fraction of sp³-hybridized carbons (Fsp3) is 0.348. The van der Waals surface area contributed by atoms with Crippen molar-refractivity contribution in [2.24, 2.45) is 0 Å². The van der Waals surface area contributed by atoms with E-state index in [2.05, 4.69) is 34.8 Å². The smallest absolute Gasteiger partial charge is 0.262 e. The molecule has 8 nitrogen and oxygen atoms in total. The van der Waals surface area contributed by atoms with E-state index in [4.69, 9.17) is 19.4 Å². The van der Waals surface area contributed by atoms with Crippen LogP contribution in [0.2, 0.25) is 0 Å². The molecule has 4 rings (SSSR count). The topological polar surface area (TPSA) is 79.8 Å². The van der Waals surface area contributed by atoms with Crippen molar-refractivity contribution < 1.29 is 14.3 Å². The number of carbonyl (C=O) groups is 1. The second-order valence-corrected chi connectivity index (χ2v) is 7.97. The summed E-state index contributed by atoms with van der Waals surface area (Å²) in [7, 11) is 2.13. The Morgan fingerprint density at radius 2 is 1.72 bits per heavy atom. The first-order valence-corrected chi connectivity index (χ1v) is 11.1. The standard InChI is InChI=1S/C23H27N5O3S/c1-16-20-13-17(25-22(29)14-30-18-4-6-19(7-5-18)31-15-32)3-8-21(20)26-23(24-16)28-11-9-27(2)10-12-28/h3-8,13,32H,9-12,14-15H2,1-2H3,(H,25,29). The predicted molar refractivity (Wildman–Crippen MR) is 129 cm³/mol. The van der Waals surface area contributed by atoms with Gasteiger partial charge in [-0.15, -0.1) is 12.6 Å². The van der Waals surface area contributed by atoms with Gasteiger partial charge in [-0.05, 0) is 56.4 Å². The van der Waals surface area contributed by atoms with Gasteiger partial charge in [-0.3, -0.25) is 4.79 Å². The third-order valence-corrected chi connectivity index (χ3v) is 5.50. The maximum atomic E-state index is 12.4. The molecule has 0 saturated carbocycles. The normalized spacial score (nSPS) is 14.4. The number of anilines is 2. The second-order valence-electron chi connectivity index (χ2n) is 7.71. The summed E-state index contributed by atoms with van der Waals surface area (Å²) < 4.78 is 10.8. The van der Waals surface area contributed by atoms with E-state index in [0.717, 1.165) is 48.7 Å². The lowest BCUT2D eigenvalue weighted by Crippen LogP contribution is -2.45. The SMILES string of the molecule is Cc1nc(N2CCN(C)CC2)nc2ccc(NC(=O)COc3ccc(OCS)cc3)cc12. The van der Waals surface area contributed by atoms with Crippen LogP contribution in [0.1, 0.15) is 5.69 Å². The number of nitrogens with one attached hydrogen (secondary N) is 1. The van der Waals surface area contributed by atoms with E-state index in [-0.39, 0.29) is 12.5 Å². The summed E-state index contributed by atoms with van der Waals surface area (Å²) >= 11 is 4.02. The molecule has 0 aliphatic carbocycles. The lowest BCUT2D eigenvalue weighted by Gasteiger charge is -2.32. The molecule has 0 bridgehead atoms. The van der Waals surface area contributed by atoms with Crippen molar-refractivity contribution in [3.63, 3.8) is 0 Å². The monoisotopic (exact) mass is 453 g/mol. The van der Waals surface area contributed by atoms with E-state index in [1.54, 1.807) is 24.3 Å². The number of hydrogen-bond donors (Lipinski definition) is 2. The minimum Gasteiger partial charge on any atom is -0.484 e. The molecule has 1 aliphatic rings. The van der Waals surface area contributed by atoms with E-state index in [1.807, 2.05) is 25.1 Å². The zero-order valence-electron chi connectivity index (χ0n) is 18.2. The number of thiol groups is 1. The Balaban J connectivity index is 1.39. The summed E-state index contributed by atoms with van der Waals surface area (Å²) in [5.74, 6) is 2.11. The molecule has 1 N–H and O–H groups in total. The number of hydrogen-bond acceptors (Lipinski definition) is 8. The number of aryl methyl sites for hydroxylation is 1. The van der Waals surface area contributed by atoms with Crippen LogP contribution in [0, 0.1) is 6.92 Å². The molecule has 1 amide bonds. The van der Waals surface area contributed by atoms with Gasteiger partial charge in [-0.1, -0.05) is 0 Å². The van der Waals surface area contributed by atoms with Gasteiger partial charge in [0.05, 0.1) is 11.2 Å². The minimum absolute atomic E-state index is 0.0946. The van der Waals surface area contributed by atoms with Crippen LogP contribution in [0.3, 0.4) is 0 Å². The summed E-state index contributed by atoms with van der Waals surface area (Å²) in [6.45, 7) is 5.71. The number of rotatable bonds is 7. The van der Waals surface area contributed by atoms with Crippen molar-refractivity contribution in [1.29, 1.82) is 0 Å². The Kier molecular flexibility index (Phi) is 6.96. The highest BCUT2D eigenvalue weighted by Crippen LogP contribution is 2.23. The average Bonchev–Trinajstić information content (AvgIpc) is 2.79. The van der Waals surface area contributed by atoms with Crippen molar-refractivity contribution >= 4 is 41.1 Å². The maximum Gasteiger partial charge on any atom is 0.262 e. The molecule has 9 heteroatoms. The quantitative estimate of drug-likeness (QED) is 0.421. The van der Waals surface area contributed by atoms with Crippen molar-refractivity contribution in [2.75, 3.05) is 56.0 Å². The molecule has 1 fully saturated rings. The largest absolute Gasteiger partial charge is 0.484 e. The van der Waals surface area contributed by atoms with Crippen LogP contribution in [0.4, 0.5) is 11.6 Å². The van der Waals surface area contributed by atoms with Gasteiger partial charge in [0.2, 0.25) is 5.95 Å². The molecule has 0 unspecified atom stereocenters. The van der Waals surface area contributed by atoms with Crippen LogP contribution in [-0.2, 0) is 4.79 Å². The van der Waals surface area contributed by atoms with Crippen LogP contribution in [0.15, 0.2) is 42.5 Å². The first-order valence-electron chi connectivity index (χ1n) is 10.5. The van der Waals surface area contributed by atoms with E-state index < -0.39 is 0 Å². The van der Waals surface area contributed by atoms with Gasteiger partial charge >= 0.3 is 0 Å². The number of likely N-dealkylation sites (N-methyl/N-ethyl adjacent to an activating group) is 1. The number of piperazine rings is 1. The summed E-state index contributed by atoms with van der Waals surface area (Å²) in [6, 6.07) is 12.7. The van der Waals surface area contributed by atoms with Gasteiger partial charge < -0.3 is 24.6 Å². The van der Waals surface area contributed by atoms with Crippen LogP contribution in [0.5, 0.6) is 11.5 Å². The van der Waals surface area contributed by atoms with Gasteiger partial charge in [-0.2, -0.15) is 0 Å². The first kappa shape index (κ1) is 22.2. The number of benzene rings is 2. The summed E-state index contributed by atoms with van der Waals surface area (Å²) in [4.78, 5) is 26.3. The molecule has 1 aromatic heterocycles.